The Kier molecular flexibility index (Phi) is 4.39. The third kappa shape index (κ3) is 2.85. The number of nitrogens with zero attached hydrogens (tertiary/aromatic N) is 2. The van der Waals surface area contributed by atoms with Gasteiger partial charge in [0, 0.05) is 19.1 Å². The standard InChI is InChI=1S/C18H19ClN2O2/c1-20-16(12-6-4-3-5-7-12)15(18(22)23)17(21(20)2)13-8-10-14(19)11-9-13/h3-11,15-17H,1-2H3,(H,22,23)/t15-,16-,17-/m0/s1. The molecule has 0 bridgehead atoms. The maximum Gasteiger partial charge on any atom is 0.310 e. The zero-order valence-corrected chi connectivity index (χ0v) is 13.8. The summed E-state index contributed by atoms with van der Waals surface area (Å²) in [5.41, 5.74) is 1.96. The van der Waals surface area contributed by atoms with E-state index in [1.807, 2.05) is 66.6 Å². The molecule has 0 aromatic heterocycles. The quantitative estimate of drug-likeness (QED) is 0.933. The Morgan fingerprint density at radius 1 is 0.913 bits per heavy atom. The van der Waals surface area contributed by atoms with Crippen LogP contribution >= 0.6 is 11.6 Å². The minimum absolute atomic E-state index is 0.209. The van der Waals surface area contributed by atoms with Gasteiger partial charge in [0.05, 0.1) is 18.0 Å². The first-order valence-electron chi connectivity index (χ1n) is 7.49. The van der Waals surface area contributed by atoms with Crippen molar-refractivity contribution >= 4 is 17.6 Å². The molecule has 3 atom stereocenters. The van der Waals surface area contributed by atoms with E-state index < -0.39 is 11.9 Å². The highest BCUT2D eigenvalue weighted by atomic mass is 35.5. The molecule has 1 N–H and O–H groups in total. The normalized spacial score (nSPS) is 25.6. The van der Waals surface area contributed by atoms with E-state index in [9.17, 15) is 9.90 Å². The Bertz CT molecular complexity index is 690. The van der Waals surface area contributed by atoms with Crippen LogP contribution in [0.15, 0.2) is 54.6 Å². The molecule has 23 heavy (non-hydrogen) atoms. The summed E-state index contributed by atoms with van der Waals surface area (Å²) in [6.07, 6.45) is 0. The van der Waals surface area contributed by atoms with Gasteiger partial charge in [-0.3, -0.25) is 4.79 Å². The van der Waals surface area contributed by atoms with Crippen molar-refractivity contribution in [2.24, 2.45) is 5.92 Å². The van der Waals surface area contributed by atoms with Gasteiger partial charge in [-0.25, -0.2) is 10.0 Å². The summed E-state index contributed by atoms with van der Waals surface area (Å²) in [6.45, 7) is 0. The third-order valence-electron chi connectivity index (χ3n) is 4.62. The van der Waals surface area contributed by atoms with Gasteiger partial charge in [0.1, 0.15) is 0 Å². The lowest BCUT2D eigenvalue weighted by atomic mass is 9.85. The van der Waals surface area contributed by atoms with Crippen LogP contribution in [0.5, 0.6) is 0 Å². The maximum absolute atomic E-state index is 12.0. The van der Waals surface area contributed by atoms with Gasteiger partial charge in [-0.15, -0.1) is 0 Å². The molecule has 120 valence electrons. The van der Waals surface area contributed by atoms with Crippen LogP contribution in [-0.2, 0) is 4.79 Å². The molecule has 2 aromatic carbocycles. The SMILES string of the molecule is CN1[C@@H](c2ccccc2)[C@H](C(=O)O)[C@H](c2ccc(Cl)cc2)N1C. The number of rotatable bonds is 3. The summed E-state index contributed by atoms with van der Waals surface area (Å²) in [5, 5.41) is 14.5. The van der Waals surface area contributed by atoms with Gasteiger partial charge >= 0.3 is 5.97 Å². The maximum atomic E-state index is 12.0. The molecule has 0 amide bonds. The van der Waals surface area contributed by atoms with Crippen molar-refractivity contribution in [1.29, 1.82) is 0 Å². The second kappa shape index (κ2) is 6.32. The molecule has 5 heteroatoms. The van der Waals surface area contributed by atoms with E-state index in [-0.39, 0.29) is 12.1 Å². The zero-order valence-electron chi connectivity index (χ0n) is 13.1. The van der Waals surface area contributed by atoms with Crippen LogP contribution in [0.1, 0.15) is 23.2 Å². The van der Waals surface area contributed by atoms with Gasteiger partial charge in [-0.2, -0.15) is 0 Å². The van der Waals surface area contributed by atoms with Crippen molar-refractivity contribution in [3.05, 3.63) is 70.7 Å². The van der Waals surface area contributed by atoms with E-state index in [4.69, 9.17) is 11.6 Å². The lowest BCUT2D eigenvalue weighted by molar-refractivity contribution is -0.143. The number of hydrogen-bond acceptors (Lipinski definition) is 3. The van der Waals surface area contributed by atoms with E-state index >= 15 is 0 Å². The third-order valence-corrected chi connectivity index (χ3v) is 4.87. The van der Waals surface area contributed by atoms with Crippen LogP contribution in [0.3, 0.4) is 0 Å². The van der Waals surface area contributed by atoms with Crippen LogP contribution in [0.25, 0.3) is 0 Å². The van der Waals surface area contributed by atoms with Crippen molar-refractivity contribution in [2.45, 2.75) is 12.1 Å². The first-order chi connectivity index (χ1) is 11.0. The number of carboxylic acids is 1. The Hall–Kier alpha value is -1.88. The van der Waals surface area contributed by atoms with E-state index in [0.717, 1.165) is 11.1 Å². The number of benzene rings is 2. The predicted molar refractivity (Wildman–Crippen MR) is 90.0 cm³/mol. The number of halogens is 1. The fourth-order valence-corrected chi connectivity index (χ4v) is 3.58. The molecule has 1 aliphatic heterocycles. The average molecular weight is 331 g/mol. The minimum atomic E-state index is -0.796. The van der Waals surface area contributed by atoms with Crippen LogP contribution in [0.2, 0.25) is 5.02 Å². The molecular formula is C18H19ClN2O2. The molecule has 4 nitrogen and oxygen atoms in total. The van der Waals surface area contributed by atoms with Gasteiger partial charge in [0.25, 0.3) is 0 Å². The Morgan fingerprint density at radius 3 is 1.87 bits per heavy atom. The Labute approximate surface area is 140 Å². The summed E-state index contributed by atoms with van der Waals surface area (Å²) in [6, 6.07) is 16.8. The number of carboxylic acid groups (broad SMARTS) is 1. The highest BCUT2D eigenvalue weighted by Gasteiger charge is 2.49. The second-order valence-corrected chi connectivity index (χ2v) is 6.30. The number of hydrogen-bond donors (Lipinski definition) is 1. The molecule has 0 radical (unpaired) electrons. The van der Waals surface area contributed by atoms with Crippen molar-refractivity contribution in [3.63, 3.8) is 0 Å². The van der Waals surface area contributed by atoms with Gasteiger partial charge in [0.15, 0.2) is 0 Å². The number of hydrazine groups is 1. The van der Waals surface area contributed by atoms with Crippen molar-refractivity contribution < 1.29 is 9.90 Å². The molecule has 0 spiro atoms. The fourth-order valence-electron chi connectivity index (χ4n) is 3.46. The van der Waals surface area contributed by atoms with Crippen LogP contribution in [0.4, 0.5) is 0 Å². The predicted octanol–water partition coefficient (Wildman–Crippen LogP) is 3.62. The minimum Gasteiger partial charge on any atom is -0.481 e. The molecule has 3 rings (SSSR count). The largest absolute Gasteiger partial charge is 0.481 e. The zero-order chi connectivity index (χ0) is 16.6. The van der Waals surface area contributed by atoms with E-state index in [2.05, 4.69) is 0 Å². The van der Waals surface area contributed by atoms with Gasteiger partial charge < -0.3 is 5.11 Å². The van der Waals surface area contributed by atoms with Crippen molar-refractivity contribution in [1.82, 2.24) is 10.0 Å². The molecule has 0 aliphatic carbocycles. The lowest BCUT2D eigenvalue weighted by Gasteiger charge is -2.27. The van der Waals surface area contributed by atoms with E-state index in [1.54, 1.807) is 12.1 Å². The summed E-state index contributed by atoms with van der Waals surface area (Å²) in [4.78, 5) is 12.0. The Balaban J connectivity index is 2.06. The Morgan fingerprint density at radius 2 is 1.39 bits per heavy atom. The second-order valence-electron chi connectivity index (χ2n) is 5.86. The van der Waals surface area contributed by atoms with Crippen LogP contribution in [0, 0.1) is 5.92 Å². The summed E-state index contributed by atoms with van der Waals surface area (Å²) >= 11 is 5.97. The molecule has 1 aliphatic rings. The number of carbonyl (C=O) groups is 1. The van der Waals surface area contributed by atoms with Crippen LogP contribution in [-0.4, -0.2) is 35.2 Å². The summed E-state index contributed by atoms with van der Waals surface area (Å²) in [5.74, 6) is -1.36. The molecular weight excluding hydrogens is 312 g/mol. The summed E-state index contributed by atoms with van der Waals surface area (Å²) < 4.78 is 0. The molecule has 1 fully saturated rings. The highest BCUT2D eigenvalue weighted by molar-refractivity contribution is 6.30. The topological polar surface area (TPSA) is 43.8 Å². The molecule has 1 saturated heterocycles. The molecule has 1 heterocycles. The highest BCUT2D eigenvalue weighted by Crippen LogP contribution is 2.47. The van der Waals surface area contributed by atoms with Crippen LogP contribution < -0.4 is 0 Å². The molecule has 0 unspecified atom stereocenters. The monoisotopic (exact) mass is 330 g/mol. The fraction of sp³-hybridized carbons (Fsp3) is 0.278. The van der Waals surface area contributed by atoms with Crippen molar-refractivity contribution in [2.75, 3.05) is 14.1 Å². The van der Waals surface area contributed by atoms with E-state index in [0.29, 0.717) is 5.02 Å². The van der Waals surface area contributed by atoms with Crippen molar-refractivity contribution in [3.8, 4) is 0 Å². The van der Waals surface area contributed by atoms with Gasteiger partial charge in [0.2, 0.25) is 0 Å². The first-order valence-corrected chi connectivity index (χ1v) is 7.87. The van der Waals surface area contributed by atoms with Gasteiger partial charge in [-0.05, 0) is 23.3 Å². The molecule has 0 saturated carbocycles. The number of aliphatic carboxylic acids is 1. The molecule has 2 aromatic rings. The summed E-state index contributed by atoms with van der Waals surface area (Å²) in [7, 11) is 3.86. The smallest absolute Gasteiger partial charge is 0.310 e. The lowest BCUT2D eigenvalue weighted by Crippen LogP contribution is -2.32. The first kappa shape index (κ1) is 16.0. The van der Waals surface area contributed by atoms with E-state index in [1.165, 1.54) is 0 Å². The van der Waals surface area contributed by atoms with Gasteiger partial charge in [-0.1, -0.05) is 54.1 Å². The average Bonchev–Trinajstić information content (AvgIpc) is 2.81.